The SMILES string of the molecule is OCc1ccccc1NCc1cccc(OC(F)(F)F)c1. The minimum Gasteiger partial charge on any atom is -0.406 e. The quantitative estimate of drug-likeness (QED) is 0.884. The van der Waals surface area contributed by atoms with Crippen LogP contribution < -0.4 is 10.1 Å². The van der Waals surface area contributed by atoms with Crippen LogP contribution in [0.4, 0.5) is 18.9 Å². The molecule has 0 amide bonds. The predicted molar refractivity (Wildman–Crippen MR) is 72.8 cm³/mol. The van der Waals surface area contributed by atoms with E-state index in [1.807, 2.05) is 6.07 Å². The maximum Gasteiger partial charge on any atom is 0.573 e. The molecule has 0 aromatic heterocycles. The van der Waals surface area contributed by atoms with Gasteiger partial charge in [-0.1, -0.05) is 30.3 Å². The summed E-state index contributed by atoms with van der Waals surface area (Å²) in [4.78, 5) is 0. The van der Waals surface area contributed by atoms with Crippen LogP contribution in [0.5, 0.6) is 5.75 Å². The van der Waals surface area contributed by atoms with Crippen LogP contribution in [0.3, 0.4) is 0 Å². The lowest BCUT2D eigenvalue weighted by Crippen LogP contribution is -2.17. The number of rotatable bonds is 5. The van der Waals surface area contributed by atoms with Crippen LogP contribution in [0.15, 0.2) is 48.5 Å². The molecule has 21 heavy (non-hydrogen) atoms. The lowest BCUT2D eigenvalue weighted by Gasteiger charge is -2.12. The average Bonchev–Trinajstić information content (AvgIpc) is 2.44. The van der Waals surface area contributed by atoms with E-state index in [2.05, 4.69) is 10.1 Å². The first kappa shape index (κ1) is 15.2. The number of halogens is 3. The fraction of sp³-hybridized carbons (Fsp3) is 0.200. The van der Waals surface area contributed by atoms with Crippen molar-refractivity contribution in [2.75, 3.05) is 5.32 Å². The van der Waals surface area contributed by atoms with Gasteiger partial charge in [0.2, 0.25) is 0 Å². The Balaban J connectivity index is 2.05. The van der Waals surface area contributed by atoms with Crippen molar-refractivity contribution < 1.29 is 23.0 Å². The second kappa shape index (κ2) is 6.49. The number of nitrogens with one attached hydrogen (secondary N) is 1. The zero-order valence-electron chi connectivity index (χ0n) is 11.0. The third-order valence-electron chi connectivity index (χ3n) is 2.80. The minimum atomic E-state index is -4.70. The van der Waals surface area contributed by atoms with Gasteiger partial charge in [-0.2, -0.15) is 0 Å². The van der Waals surface area contributed by atoms with Gasteiger partial charge in [-0.25, -0.2) is 0 Å². The summed E-state index contributed by atoms with van der Waals surface area (Å²) in [5, 5.41) is 12.3. The van der Waals surface area contributed by atoms with E-state index in [0.29, 0.717) is 12.1 Å². The Labute approximate surface area is 120 Å². The summed E-state index contributed by atoms with van der Waals surface area (Å²) in [6.07, 6.45) is -4.70. The molecule has 0 saturated carbocycles. The summed E-state index contributed by atoms with van der Waals surface area (Å²) < 4.78 is 40.3. The predicted octanol–water partition coefficient (Wildman–Crippen LogP) is 3.69. The lowest BCUT2D eigenvalue weighted by molar-refractivity contribution is -0.274. The monoisotopic (exact) mass is 297 g/mol. The molecule has 0 aliphatic rings. The van der Waals surface area contributed by atoms with Crippen molar-refractivity contribution in [3.8, 4) is 5.75 Å². The number of ether oxygens (including phenoxy) is 1. The highest BCUT2D eigenvalue weighted by molar-refractivity contribution is 5.51. The smallest absolute Gasteiger partial charge is 0.406 e. The van der Waals surface area contributed by atoms with Gasteiger partial charge in [0.05, 0.1) is 6.61 Å². The van der Waals surface area contributed by atoms with E-state index >= 15 is 0 Å². The van der Waals surface area contributed by atoms with Crippen molar-refractivity contribution in [2.45, 2.75) is 19.5 Å². The maximum absolute atomic E-state index is 12.2. The molecule has 6 heteroatoms. The lowest BCUT2D eigenvalue weighted by atomic mass is 10.1. The first-order chi connectivity index (χ1) is 9.98. The molecule has 0 radical (unpaired) electrons. The van der Waals surface area contributed by atoms with Gasteiger partial charge in [0.1, 0.15) is 5.75 Å². The van der Waals surface area contributed by atoms with Crippen molar-refractivity contribution in [3.63, 3.8) is 0 Å². The zero-order chi connectivity index (χ0) is 15.3. The minimum absolute atomic E-state index is 0.111. The van der Waals surface area contributed by atoms with Gasteiger partial charge in [0.25, 0.3) is 0 Å². The normalized spacial score (nSPS) is 11.2. The van der Waals surface area contributed by atoms with Gasteiger partial charge >= 0.3 is 6.36 Å². The molecule has 0 aliphatic heterocycles. The van der Waals surface area contributed by atoms with Crippen LogP contribution in [0, 0.1) is 0 Å². The summed E-state index contributed by atoms with van der Waals surface area (Å²) in [7, 11) is 0. The van der Waals surface area contributed by atoms with Crippen LogP contribution in [0.25, 0.3) is 0 Å². The molecule has 0 saturated heterocycles. The molecule has 0 atom stereocenters. The Bertz CT molecular complexity index is 599. The number of aliphatic hydroxyl groups is 1. The van der Waals surface area contributed by atoms with Crippen LogP contribution >= 0.6 is 0 Å². The molecule has 2 aromatic rings. The standard InChI is InChI=1S/C15H14F3NO2/c16-15(17,18)21-13-6-3-4-11(8-13)9-19-14-7-2-1-5-12(14)10-20/h1-8,19-20H,9-10H2. The maximum atomic E-state index is 12.2. The number of aliphatic hydroxyl groups excluding tert-OH is 1. The molecule has 0 unspecified atom stereocenters. The molecular formula is C15H14F3NO2. The molecule has 0 fully saturated rings. The van der Waals surface area contributed by atoms with Crippen LogP contribution in [-0.4, -0.2) is 11.5 Å². The fourth-order valence-corrected chi connectivity index (χ4v) is 1.88. The number of benzene rings is 2. The number of para-hydroxylation sites is 1. The van der Waals surface area contributed by atoms with Crippen molar-refractivity contribution >= 4 is 5.69 Å². The van der Waals surface area contributed by atoms with E-state index in [-0.39, 0.29) is 12.4 Å². The van der Waals surface area contributed by atoms with Gasteiger partial charge in [-0.05, 0) is 23.8 Å². The molecule has 0 bridgehead atoms. The van der Waals surface area contributed by atoms with Crippen LogP contribution in [0.2, 0.25) is 0 Å². The molecule has 0 heterocycles. The van der Waals surface area contributed by atoms with Gasteiger partial charge in [-0.3, -0.25) is 0 Å². The zero-order valence-corrected chi connectivity index (χ0v) is 11.0. The van der Waals surface area contributed by atoms with Crippen LogP contribution in [0.1, 0.15) is 11.1 Å². The van der Waals surface area contributed by atoms with E-state index in [1.54, 1.807) is 24.3 Å². The highest BCUT2D eigenvalue weighted by Crippen LogP contribution is 2.24. The van der Waals surface area contributed by atoms with Crippen molar-refractivity contribution in [1.29, 1.82) is 0 Å². The van der Waals surface area contributed by atoms with E-state index < -0.39 is 6.36 Å². The first-order valence-electron chi connectivity index (χ1n) is 6.25. The van der Waals surface area contributed by atoms with Crippen molar-refractivity contribution in [1.82, 2.24) is 0 Å². The molecule has 0 aliphatic carbocycles. The van der Waals surface area contributed by atoms with E-state index in [4.69, 9.17) is 0 Å². The van der Waals surface area contributed by atoms with E-state index in [9.17, 15) is 18.3 Å². The first-order valence-corrected chi connectivity index (χ1v) is 6.25. The number of anilines is 1. The van der Waals surface area contributed by atoms with Gasteiger partial charge in [-0.15, -0.1) is 13.2 Å². The summed E-state index contributed by atoms with van der Waals surface area (Å²) in [6, 6.07) is 12.9. The number of hydrogen-bond acceptors (Lipinski definition) is 3. The molecule has 2 aromatic carbocycles. The van der Waals surface area contributed by atoms with E-state index in [0.717, 1.165) is 11.3 Å². The van der Waals surface area contributed by atoms with E-state index in [1.165, 1.54) is 18.2 Å². The molecule has 3 nitrogen and oxygen atoms in total. The van der Waals surface area contributed by atoms with Gasteiger partial charge in [0.15, 0.2) is 0 Å². The summed E-state index contributed by atoms with van der Waals surface area (Å²) >= 11 is 0. The molecular weight excluding hydrogens is 283 g/mol. The number of alkyl halides is 3. The van der Waals surface area contributed by atoms with Crippen molar-refractivity contribution in [3.05, 3.63) is 59.7 Å². The molecule has 112 valence electrons. The molecule has 2 N–H and O–H groups in total. The second-order valence-electron chi connectivity index (χ2n) is 4.36. The molecule has 0 spiro atoms. The highest BCUT2D eigenvalue weighted by atomic mass is 19.4. The fourth-order valence-electron chi connectivity index (χ4n) is 1.88. The molecule has 2 rings (SSSR count). The number of hydrogen-bond donors (Lipinski definition) is 2. The van der Waals surface area contributed by atoms with Crippen LogP contribution in [-0.2, 0) is 13.2 Å². The summed E-state index contributed by atoms with van der Waals surface area (Å²) in [5.41, 5.74) is 2.10. The third kappa shape index (κ3) is 4.68. The second-order valence-corrected chi connectivity index (χ2v) is 4.36. The Hall–Kier alpha value is -2.21. The Morgan fingerprint density at radius 1 is 1.05 bits per heavy atom. The third-order valence-corrected chi connectivity index (χ3v) is 2.80. The summed E-state index contributed by atoms with van der Waals surface area (Å²) in [5.74, 6) is -0.253. The van der Waals surface area contributed by atoms with Gasteiger partial charge in [0, 0.05) is 17.8 Å². The summed E-state index contributed by atoms with van der Waals surface area (Å²) in [6.45, 7) is 0.215. The Morgan fingerprint density at radius 2 is 1.81 bits per heavy atom. The highest BCUT2D eigenvalue weighted by Gasteiger charge is 2.31. The Morgan fingerprint density at radius 3 is 2.52 bits per heavy atom. The Kier molecular flexibility index (Phi) is 4.70. The van der Waals surface area contributed by atoms with Crippen molar-refractivity contribution in [2.24, 2.45) is 0 Å². The average molecular weight is 297 g/mol. The largest absolute Gasteiger partial charge is 0.573 e. The van der Waals surface area contributed by atoms with Gasteiger partial charge < -0.3 is 15.2 Å². The topological polar surface area (TPSA) is 41.5 Å².